The Bertz CT molecular complexity index is 942. The highest BCUT2D eigenvalue weighted by molar-refractivity contribution is 6.39. The second-order valence-corrected chi connectivity index (χ2v) is 8.31. The molecule has 0 aliphatic carbocycles. The van der Waals surface area contributed by atoms with Gasteiger partial charge in [0.05, 0.1) is 28.2 Å². The number of likely N-dealkylation sites (N-methyl/N-ethyl adjacent to an activating group) is 1. The molecule has 3 rings (SSSR count). The normalized spacial score (nSPS) is 15.9. The van der Waals surface area contributed by atoms with Gasteiger partial charge in [-0.3, -0.25) is 14.4 Å². The van der Waals surface area contributed by atoms with Gasteiger partial charge in [0.1, 0.15) is 0 Å². The third kappa shape index (κ3) is 5.32. The third-order valence-corrected chi connectivity index (χ3v) is 5.67. The largest absolute Gasteiger partial charge is 0.338 e. The molecule has 1 fully saturated rings. The fraction of sp³-hybridized carbons (Fsp3) is 0.318. The van der Waals surface area contributed by atoms with E-state index in [0.29, 0.717) is 28.8 Å². The smallest absolute Gasteiger partial charge is 0.244 e. The number of carbonyl (C=O) groups is 3. The van der Waals surface area contributed by atoms with Crippen molar-refractivity contribution in [3.8, 4) is 0 Å². The molecule has 1 N–H and O–H groups in total. The van der Waals surface area contributed by atoms with E-state index in [0.717, 1.165) is 11.1 Å². The number of amides is 3. The first-order valence-electron chi connectivity index (χ1n) is 9.56. The van der Waals surface area contributed by atoms with E-state index in [1.807, 2.05) is 31.2 Å². The van der Waals surface area contributed by atoms with Gasteiger partial charge in [-0.25, -0.2) is 0 Å². The Balaban J connectivity index is 1.56. The van der Waals surface area contributed by atoms with Crippen LogP contribution < -0.4 is 5.32 Å². The minimum atomic E-state index is -0.468. The van der Waals surface area contributed by atoms with E-state index in [1.165, 1.54) is 4.90 Å². The summed E-state index contributed by atoms with van der Waals surface area (Å²) in [6.07, 6.45) is 0.146. The minimum absolute atomic E-state index is 0.0605. The first kappa shape index (κ1) is 22.1. The maximum absolute atomic E-state index is 12.8. The Hall–Kier alpha value is -2.57. The molecule has 2 aromatic carbocycles. The maximum Gasteiger partial charge on any atom is 0.244 e. The zero-order chi connectivity index (χ0) is 21.8. The molecular weight excluding hydrogens is 425 g/mol. The highest BCUT2D eigenvalue weighted by Gasteiger charge is 2.36. The average molecular weight is 448 g/mol. The minimum Gasteiger partial charge on any atom is -0.338 e. The van der Waals surface area contributed by atoms with Crippen LogP contribution in [0.3, 0.4) is 0 Å². The molecule has 8 heteroatoms. The van der Waals surface area contributed by atoms with Crippen molar-refractivity contribution in [2.45, 2.75) is 19.9 Å². The van der Waals surface area contributed by atoms with E-state index >= 15 is 0 Å². The number of hydrogen-bond acceptors (Lipinski definition) is 3. The van der Waals surface area contributed by atoms with Gasteiger partial charge in [-0.2, -0.15) is 0 Å². The number of likely N-dealkylation sites (tertiary alicyclic amines) is 1. The second-order valence-electron chi connectivity index (χ2n) is 7.50. The highest BCUT2D eigenvalue weighted by Crippen LogP contribution is 2.29. The van der Waals surface area contributed by atoms with Gasteiger partial charge in [0.25, 0.3) is 0 Å². The molecule has 1 aliphatic rings. The molecule has 3 amide bonds. The number of anilines is 1. The van der Waals surface area contributed by atoms with E-state index < -0.39 is 11.8 Å². The Labute approximate surface area is 185 Å². The summed E-state index contributed by atoms with van der Waals surface area (Å²) in [5.74, 6) is -1.18. The molecular formula is C22H23Cl2N3O3. The summed E-state index contributed by atoms with van der Waals surface area (Å²) in [5.41, 5.74) is 2.48. The van der Waals surface area contributed by atoms with Crippen LogP contribution in [0.15, 0.2) is 42.5 Å². The van der Waals surface area contributed by atoms with E-state index in [-0.39, 0.29) is 24.8 Å². The Morgan fingerprint density at radius 1 is 1.13 bits per heavy atom. The van der Waals surface area contributed by atoms with Crippen LogP contribution in [0, 0.1) is 12.8 Å². The molecule has 1 saturated heterocycles. The monoisotopic (exact) mass is 447 g/mol. The second kappa shape index (κ2) is 9.49. The van der Waals surface area contributed by atoms with Crippen molar-refractivity contribution in [3.05, 3.63) is 63.6 Å². The quantitative estimate of drug-likeness (QED) is 0.732. The van der Waals surface area contributed by atoms with Gasteiger partial charge >= 0.3 is 0 Å². The van der Waals surface area contributed by atoms with Crippen LogP contribution in [0.5, 0.6) is 0 Å². The average Bonchev–Trinajstić information content (AvgIpc) is 3.06. The van der Waals surface area contributed by atoms with Gasteiger partial charge in [-0.15, -0.1) is 0 Å². The van der Waals surface area contributed by atoms with Crippen LogP contribution in [0.4, 0.5) is 5.69 Å². The van der Waals surface area contributed by atoms with Crippen molar-refractivity contribution in [1.82, 2.24) is 9.80 Å². The molecule has 1 atom stereocenters. The molecule has 0 bridgehead atoms. The Morgan fingerprint density at radius 3 is 2.40 bits per heavy atom. The van der Waals surface area contributed by atoms with Gasteiger partial charge in [0, 0.05) is 26.6 Å². The van der Waals surface area contributed by atoms with Crippen molar-refractivity contribution in [2.24, 2.45) is 5.92 Å². The van der Waals surface area contributed by atoms with E-state index in [4.69, 9.17) is 23.2 Å². The zero-order valence-corrected chi connectivity index (χ0v) is 18.3. The standard InChI is InChI=1S/C22H23Cl2N3O3/c1-14-6-8-15(9-7-14)11-27-12-16(10-20(27)29)22(30)26(2)13-19(28)25-21-17(23)4-3-5-18(21)24/h3-9,16H,10-13H2,1-2H3,(H,25,28)/t16-/m0/s1. The first-order chi connectivity index (χ1) is 14.2. The molecule has 2 aromatic rings. The van der Waals surface area contributed by atoms with Crippen molar-refractivity contribution >= 4 is 46.6 Å². The van der Waals surface area contributed by atoms with Crippen molar-refractivity contribution in [2.75, 3.05) is 25.5 Å². The van der Waals surface area contributed by atoms with Crippen molar-refractivity contribution in [1.29, 1.82) is 0 Å². The lowest BCUT2D eigenvalue weighted by molar-refractivity contribution is -0.137. The lowest BCUT2D eigenvalue weighted by Gasteiger charge is -2.21. The number of benzene rings is 2. The van der Waals surface area contributed by atoms with Crippen LogP contribution in [0.25, 0.3) is 0 Å². The van der Waals surface area contributed by atoms with Gasteiger partial charge < -0.3 is 15.1 Å². The summed E-state index contributed by atoms with van der Waals surface area (Å²) in [7, 11) is 1.54. The molecule has 0 saturated carbocycles. The van der Waals surface area contributed by atoms with Crippen molar-refractivity contribution < 1.29 is 14.4 Å². The number of aryl methyl sites for hydroxylation is 1. The predicted octanol–water partition coefficient (Wildman–Crippen LogP) is 3.75. The Kier molecular flexibility index (Phi) is 7.00. The van der Waals surface area contributed by atoms with Crippen LogP contribution in [-0.2, 0) is 20.9 Å². The van der Waals surface area contributed by atoms with Gasteiger partial charge in [-0.05, 0) is 24.6 Å². The number of para-hydroxylation sites is 1. The molecule has 0 aromatic heterocycles. The molecule has 0 radical (unpaired) electrons. The number of nitrogens with zero attached hydrogens (tertiary/aromatic N) is 2. The fourth-order valence-corrected chi connectivity index (χ4v) is 3.90. The molecule has 1 heterocycles. The van der Waals surface area contributed by atoms with Crippen LogP contribution >= 0.6 is 23.2 Å². The SMILES string of the molecule is Cc1ccc(CN2C[C@@H](C(=O)N(C)CC(=O)Nc3c(Cl)cccc3Cl)CC2=O)cc1. The fourth-order valence-electron chi connectivity index (χ4n) is 3.41. The molecule has 6 nitrogen and oxygen atoms in total. The van der Waals surface area contributed by atoms with Crippen LogP contribution in [0.1, 0.15) is 17.5 Å². The zero-order valence-electron chi connectivity index (χ0n) is 16.8. The van der Waals surface area contributed by atoms with Gasteiger partial charge in [-0.1, -0.05) is 59.1 Å². The summed E-state index contributed by atoms with van der Waals surface area (Å²) in [6, 6.07) is 12.9. The number of nitrogens with one attached hydrogen (secondary N) is 1. The van der Waals surface area contributed by atoms with Crippen molar-refractivity contribution in [3.63, 3.8) is 0 Å². The lowest BCUT2D eigenvalue weighted by atomic mass is 10.1. The molecule has 30 heavy (non-hydrogen) atoms. The summed E-state index contributed by atoms with van der Waals surface area (Å²) in [6.45, 7) is 2.65. The molecule has 0 unspecified atom stereocenters. The summed E-state index contributed by atoms with van der Waals surface area (Å²) in [5, 5.41) is 3.27. The van der Waals surface area contributed by atoms with E-state index in [2.05, 4.69) is 5.32 Å². The van der Waals surface area contributed by atoms with E-state index in [1.54, 1.807) is 30.1 Å². The number of hydrogen-bond donors (Lipinski definition) is 1. The van der Waals surface area contributed by atoms with Crippen LogP contribution in [0.2, 0.25) is 10.0 Å². The highest BCUT2D eigenvalue weighted by atomic mass is 35.5. The summed E-state index contributed by atoms with van der Waals surface area (Å²) >= 11 is 12.1. The summed E-state index contributed by atoms with van der Waals surface area (Å²) in [4.78, 5) is 40.5. The van der Waals surface area contributed by atoms with Gasteiger partial charge in [0.15, 0.2) is 0 Å². The molecule has 0 spiro atoms. The van der Waals surface area contributed by atoms with Gasteiger partial charge in [0.2, 0.25) is 17.7 Å². The number of carbonyl (C=O) groups excluding carboxylic acids is 3. The Morgan fingerprint density at radius 2 is 1.77 bits per heavy atom. The molecule has 1 aliphatic heterocycles. The number of halogens is 2. The maximum atomic E-state index is 12.8. The lowest BCUT2D eigenvalue weighted by Crippen LogP contribution is -2.39. The molecule has 158 valence electrons. The predicted molar refractivity (Wildman–Crippen MR) is 117 cm³/mol. The summed E-state index contributed by atoms with van der Waals surface area (Å²) < 4.78 is 0. The van der Waals surface area contributed by atoms with E-state index in [9.17, 15) is 14.4 Å². The third-order valence-electron chi connectivity index (χ3n) is 5.04. The topological polar surface area (TPSA) is 69.7 Å². The van der Waals surface area contributed by atoms with Crippen LogP contribution in [-0.4, -0.2) is 47.7 Å². The number of rotatable bonds is 6. The first-order valence-corrected chi connectivity index (χ1v) is 10.3.